The first-order valence-electron chi connectivity index (χ1n) is 7.86. The summed E-state index contributed by atoms with van der Waals surface area (Å²) in [6, 6.07) is 9.18. The highest BCUT2D eigenvalue weighted by Gasteiger charge is 2.14. The number of benzene rings is 1. The summed E-state index contributed by atoms with van der Waals surface area (Å²) in [5.41, 5.74) is 6.68. The van der Waals surface area contributed by atoms with Gasteiger partial charge in [0.1, 0.15) is 23.2 Å². The zero-order valence-electron chi connectivity index (χ0n) is 14.0. The molecule has 2 N–H and O–H groups in total. The molecule has 0 fully saturated rings. The summed E-state index contributed by atoms with van der Waals surface area (Å²) in [6.07, 6.45) is 2.40. The number of aryl methyl sites for hydroxylation is 1. The van der Waals surface area contributed by atoms with Gasteiger partial charge in [0.2, 0.25) is 17.6 Å². The number of aromatic nitrogens is 4. The fraction of sp³-hybridized carbons (Fsp3) is 0.235. The molecule has 9 heteroatoms. The number of nitrogens with two attached hydrogens (primary N) is 1. The van der Waals surface area contributed by atoms with E-state index < -0.39 is 0 Å². The zero-order chi connectivity index (χ0) is 18.5. The first-order chi connectivity index (χ1) is 12.6. The van der Waals surface area contributed by atoms with Crippen LogP contribution in [0.4, 0.5) is 5.82 Å². The molecule has 26 heavy (non-hydrogen) atoms. The van der Waals surface area contributed by atoms with Crippen LogP contribution in [-0.4, -0.2) is 32.9 Å². The fourth-order valence-electron chi connectivity index (χ4n) is 2.35. The summed E-state index contributed by atoms with van der Waals surface area (Å²) in [6.45, 7) is 0. The number of hydrogen-bond acceptors (Lipinski definition) is 8. The van der Waals surface area contributed by atoms with E-state index in [1.807, 2.05) is 30.3 Å². The van der Waals surface area contributed by atoms with E-state index in [0.717, 1.165) is 16.0 Å². The average Bonchev–Trinajstić information content (AvgIpc) is 3.28. The summed E-state index contributed by atoms with van der Waals surface area (Å²) < 4.78 is 11.4. The number of anilines is 1. The minimum absolute atomic E-state index is 0.0529. The van der Waals surface area contributed by atoms with Crippen LogP contribution in [0.1, 0.15) is 29.1 Å². The van der Waals surface area contributed by atoms with E-state index in [4.69, 9.17) is 20.3 Å². The highest BCUT2D eigenvalue weighted by atomic mass is 16.5. The number of carbonyl (C=O) groups excluding carboxylic acids is 1. The maximum atomic E-state index is 12.1. The van der Waals surface area contributed by atoms with Gasteiger partial charge in [0.25, 0.3) is 0 Å². The lowest BCUT2D eigenvalue weighted by Crippen LogP contribution is -2.15. The molecule has 0 saturated heterocycles. The number of nitrogens with zero attached hydrogens (tertiary/aromatic N) is 5. The molecule has 1 aromatic carbocycles. The van der Waals surface area contributed by atoms with Crippen molar-refractivity contribution in [1.82, 2.24) is 19.9 Å². The van der Waals surface area contributed by atoms with E-state index in [1.165, 1.54) is 6.20 Å². The van der Waals surface area contributed by atoms with Crippen molar-refractivity contribution in [1.29, 1.82) is 5.26 Å². The number of nitrogen functional groups attached to an aromatic ring is 1. The van der Waals surface area contributed by atoms with E-state index in [1.54, 1.807) is 7.11 Å². The normalized spacial score (nSPS) is 10.5. The standard InChI is InChI=1S/C17H16N6O3/c1-25-13-7-5-11(6-8-13)17-21-14(26-22-17)3-2-4-15(24)23-16(19)12(9-18)10-20-23/h5-8,10H,2-4,19H2,1H3. The molecule has 0 atom stereocenters. The Morgan fingerprint density at radius 2 is 2.15 bits per heavy atom. The minimum atomic E-state index is -0.293. The largest absolute Gasteiger partial charge is 0.497 e. The summed E-state index contributed by atoms with van der Waals surface area (Å²) >= 11 is 0. The lowest BCUT2D eigenvalue weighted by molar-refractivity contribution is 0.0886. The van der Waals surface area contributed by atoms with Gasteiger partial charge in [-0.05, 0) is 30.7 Å². The van der Waals surface area contributed by atoms with Gasteiger partial charge in [0, 0.05) is 18.4 Å². The lowest BCUT2D eigenvalue weighted by Gasteiger charge is -2.01. The van der Waals surface area contributed by atoms with Gasteiger partial charge in [0.05, 0.1) is 13.3 Å². The summed E-state index contributed by atoms with van der Waals surface area (Å²) in [4.78, 5) is 16.4. The predicted molar refractivity (Wildman–Crippen MR) is 91.2 cm³/mol. The molecule has 132 valence electrons. The Hall–Kier alpha value is -3.67. The summed E-state index contributed by atoms with van der Waals surface area (Å²) in [7, 11) is 1.60. The topological polar surface area (TPSA) is 133 Å². The number of hydrogen-bond donors (Lipinski definition) is 1. The van der Waals surface area contributed by atoms with Crippen molar-refractivity contribution in [3.8, 4) is 23.2 Å². The molecule has 0 saturated carbocycles. The van der Waals surface area contributed by atoms with Crippen molar-refractivity contribution in [3.05, 3.63) is 41.9 Å². The molecule has 0 radical (unpaired) electrons. The lowest BCUT2D eigenvalue weighted by atomic mass is 10.2. The zero-order valence-corrected chi connectivity index (χ0v) is 14.0. The quantitative estimate of drug-likeness (QED) is 0.712. The van der Waals surface area contributed by atoms with E-state index >= 15 is 0 Å². The monoisotopic (exact) mass is 352 g/mol. The molecule has 0 aliphatic carbocycles. The van der Waals surface area contributed by atoms with Crippen molar-refractivity contribution in [2.75, 3.05) is 12.8 Å². The van der Waals surface area contributed by atoms with Crippen LogP contribution in [0.15, 0.2) is 35.0 Å². The van der Waals surface area contributed by atoms with Crippen LogP contribution in [0, 0.1) is 11.3 Å². The van der Waals surface area contributed by atoms with Crippen LogP contribution < -0.4 is 10.5 Å². The van der Waals surface area contributed by atoms with Crippen LogP contribution in [0.3, 0.4) is 0 Å². The van der Waals surface area contributed by atoms with Gasteiger partial charge < -0.3 is 15.0 Å². The highest BCUT2D eigenvalue weighted by Crippen LogP contribution is 2.20. The molecule has 2 aromatic heterocycles. The van der Waals surface area contributed by atoms with Gasteiger partial charge in [-0.2, -0.15) is 20.0 Å². The highest BCUT2D eigenvalue weighted by molar-refractivity contribution is 5.82. The fourth-order valence-corrected chi connectivity index (χ4v) is 2.35. The molecule has 0 unspecified atom stereocenters. The molecule has 0 bridgehead atoms. The second-order valence-corrected chi connectivity index (χ2v) is 5.45. The average molecular weight is 352 g/mol. The second-order valence-electron chi connectivity index (χ2n) is 5.45. The Balaban J connectivity index is 1.57. The number of rotatable bonds is 6. The van der Waals surface area contributed by atoms with Crippen molar-refractivity contribution < 1.29 is 14.1 Å². The van der Waals surface area contributed by atoms with Gasteiger partial charge in [-0.25, -0.2) is 0 Å². The summed E-state index contributed by atoms with van der Waals surface area (Å²) in [5.74, 6) is 1.42. The van der Waals surface area contributed by atoms with E-state index in [2.05, 4.69) is 15.2 Å². The van der Waals surface area contributed by atoms with Crippen LogP contribution in [0.5, 0.6) is 5.75 Å². The molecular formula is C17H16N6O3. The SMILES string of the molecule is COc1ccc(-c2noc(CCCC(=O)n3ncc(C#N)c3N)n2)cc1. The summed E-state index contributed by atoms with van der Waals surface area (Å²) in [5, 5.41) is 16.6. The molecule has 2 heterocycles. The first-order valence-corrected chi connectivity index (χ1v) is 7.86. The Bertz CT molecular complexity index is 952. The van der Waals surface area contributed by atoms with Crippen LogP contribution in [-0.2, 0) is 6.42 Å². The Morgan fingerprint density at radius 3 is 2.81 bits per heavy atom. The first kappa shape index (κ1) is 17.2. The van der Waals surface area contributed by atoms with Crippen LogP contribution >= 0.6 is 0 Å². The molecule has 3 rings (SSSR count). The Labute approximate surface area is 149 Å². The third-order valence-corrected chi connectivity index (χ3v) is 3.76. The van der Waals surface area contributed by atoms with Crippen molar-refractivity contribution >= 4 is 11.7 Å². The third kappa shape index (κ3) is 3.54. The predicted octanol–water partition coefficient (Wildman–Crippen LogP) is 2.06. The van der Waals surface area contributed by atoms with Gasteiger partial charge in [-0.3, -0.25) is 4.79 Å². The Kier molecular flexibility index (Phi) is 4.94. The van der Waals surface area contributed by atoms with Crippen LogP contribution in [0.25, 0.3) is 11.4 Å². The van der Waals surface area contributed by atoms with Crippen molar-refractivity contribution in [2.45, 2.75) is 19.3 Å². The van der Waals surface area contributed by atoms with Crippen molar-refractivity contribution in [2.24, 2.45) is 0 Å². The number of methoxy groups -OCH3 is 1. The number of nitriles is 1. The molecule has 3 aromatic rings. The maximum absolute atomic E-state index is 12.1. The number of ether oxygens (including phenoxy) is 1. The van der Waals surface area contributed by atoms with Crippen LogP contribution in [0.2, 0.25) is 0 Å². The minimum Gasteiger partial charge on any atom is -0.497 e. The molecule has 0 aliphatic heterocycles. The molecular weight excluding hydrogens is 336 g/mol. The smallest absolute Gasteiger partial charge is 0.248 e. The second kappa shape index (κ2) is 7.48. The van der Waals surface area contributed by atoms with Crippen molar-refractivity contribution in [3.63, 3.8) is 0 Å². The molecule has 0 aliphatic rings. The Morgan fingerprint density at radius 1 is 1.38 bits per heavy atom. The van der Waals surface area contributed by atoms with E-state index in [0.29, 0.717) is 24.6 Å². The van der Waals surface area contributed by atoms with Gasteiger partial charge in [0.15, 0.2) is 0 Å². The van der Waals surface area contributed by atoms with E-state index in [9.17, 15) is 4.79 Å². The molecule has 9 nitrogen and oxygen atoms in total. The van der Waals surface area contributed by atoms with Gasteiger partial charge >= 0.3 is 0 Å². The third-order valence-electron chi connectivity index (χ3n) is 3.76. The number of carbonyl (C=O) groups is 1. The van der Waals surface area contributed by atoms with E-state index in [-0.39, 0.29) is 23.7 Å². The van der Waals surface area contributed by atoms with Gasteiger partial charge in [-0.1, -0.05) is 5.16 Å². The molecule has 0 amide bonds. The van der Waals surface area contributed by atoms with Gasteiger partial charge in [-0.15, -0.1) is 0 Å². The maximum Gasteiger partial charge on any atom is 0.248 e. The molecule has 0 spiro atoms.